The SMILES string of the molecule is Cc1cc(OCC[C@@H](C)Oc2cccc3ncccc23)ccc1CCC(=O)O.Cl. The molecular formula is C23H26ClNO4. The maximum atomic E-state index is 10.7. The Balaban J connectivity index is 0.00000300. The number of hydrogen-bond acceptors (Lipinski definition) is 4. The first-order valence-corrected chi connectivity index (χ1v) is 9.47. The van der Waals surface area contributed by atoms with Crippen LogP contribution in [0.3, 0.4) is 0 Å². The van der Waals surface area contributed by atoms with Gasteiger partial charge in [0.05, 0.1) is 18.2 Å². The van der Waals surface area contributed by atoms with Crippen LogP contribution >= 0.6 is 12.4 Å². The Morgan fingerprint density at radius 1 is 1.17 bits per heavy atom. The van der Waals surface area contributed by atoms with E-state index in [9.17, 15) is 4.79 Å². The zero-order valence-electron chi connectivity index (χ0n) is 16.6. The first-order valence-electron chi connectivity index (χ1n) is 9.47. The van der Waals surface area contributed by atoms with Gasteiger partial charge in [0, 0.05) is 24.4 Å². The number of aromatic nitrogens is 1. The van der Waals surface area contributed by atoms with Crippen LogP contribution in [0.4, 0.5) is 0 Å². The van der Waals surface area contributed by atoms with E-state index in [2.05, 4.69) is 4.98 Å². The van der Waals surface area contributed by atoms with Crippen molar-refractivity contribution in [1.82, 2.24) is 4.98 Å². The van der Waals surface area contributed by atoms with Crippen molar-refractivity contribution in [2.45, 2.75) is 39.2 Å². The van der Waals surface area contributed by atoms with Crippen LogP contribution in [0.1, 0.15) is 30.9 Å². The highest BCUT2D eigenvalue weighted by Gasteiger charge is 2.09. The number of aryl methyl sites for hydroxylation is 2. The van der Waals surface area contributed by atoms with E-state index in [4.69, 9.17) is 14.6 Å². The van der Waals surface area contributed by atoms with E-state index in [-0.39, 0.29) is 24.9 Å². The summed E-state index contributed by atoms with van der Waals surface area (Å²) in [7, 11) is 0. The Morgan fingerprint density at radius 3 is 2.76 bits per heavy atom. The molecule has 0 aliphatic rings. The molecule has 0 aliphatic heterocycles. The Bertz CT molecular complexity index is 955. The molecule has 6 heteroatoms. The minimum atomic E-state index is -0.782. The minimum Gasteiger partial charge on any atom is -0.493 e. The molecule has 154 valence electrons. The lowest BCUT2D eigenvalue weighted by molar-refractivity contribution is -0.136. The van der Waals surface area contributed by atoms with Crippen LogP contribution in [0, 0.1) is 6.92 Å². The van der Waals surface area contributed by atoms with Crippen molar-refractivity contribution < 1.29 is 19.4 Å². The molecular weight excluding hydrogens is 390 g/mol. The monoisotopic (exact) mass is 415 g/mol. The van der Waals surface area contributed by atoms with Crippen molar-refractivity contribution in [1.29, 1.82) is 0 Å². The van der Waals surface area contributed by atoms with Gasteiger partial charge in [-0.15, -0.1) is 12.4 Å². The lowest BCUT2D eigenvalue weighted by Gasteiger charge is -2.17. The predicted molar refractivity (Wildman–Crippen MR) is 116 cm³/mol. The second-order valence-electron chi connectivity index (χ2n) is 6.87. The Hall–Kier alpha value is -2.79. The highest BCUT2D eigenvalue weighted by molar-refractivity contribution is 5.85. The molecule has 2 aromatic carbocycles. The number of carboxylic acids is 1. The van der Waals surface area contributed by atoms with Crippen LogP contribution in [0.5, 0.6) is 11.5 Å². The molecule has 3 rings (SSSR count). The molecule has 1 N–H and O–H groups in total. The van der Waals surface area contributed by atoms with Gasteiger partial charge < -0.3 is 14.6 Å². The van der Waals surface area contributed by atoms with Crippen molar-refractivity contribution >= 4 is 29.3 Å². The molecule has 0 bridgehead atoms. The maximum absolute atomic E-state index is 10.7. The fraction of sp³-hybridized carbons (Fsp3) is 0.304. The predicted octanol–water partition coefficient (Wildman–Crippen LogP) is 5.22. The van der Waals surface area contributed by atoms with E-state index in [1.54, 1.807) is 6.20 Å². The molecule has 0 amide bonds. The molecule has 1 heterocycles. The smallest absolute Gasteiger partial charge is 0.303 e. The van der Waals surface area contributed by atoms with Crippen molar-refractivity contribution in [3.05, 3.63) is 65.9 Å². The van der Waals surface area contributed by atoms with Crippen molar-refractivity contribution in [2.75, 3.05) is 6.61 Å². The molecule has 0 fully saturated rings. The number of rotatable bonds is 9. The summed E-state index contributed by atoms with van der Waals surface area (Å²) in [5.74, 6) is 0.838. The number of halogens is 1. The summed E-state index contributed by atoms with van der Waals surface area (Å²) >= 11 is 0. The number of carbonyl (C=O) groups is 1. The maximum Gasteiger partial charge on any atom is 0.303 e. The summed E-state index contributed by atoms with van der Waals surface area (Å²) in [6.45, 7) is 4.54. The van der Waals surface area contributed by atoms with E-state index in [0.717, 1.165) is 39.9 Å². The number of nitrogens with zero attached hydrogens (tertiary/aromatic N) is 1. The highest BCUT2D eigenvalue weighted by Crippen LogP contribution is 2.25. The van der Waals surface area contributed by atoms with Crippen LogP contribution in [0.2, 0.25) is 0 Å². The van der Waals surface area contributed by atoms with Gasteiger partial charge in [0.25, 0.3) is 0 Å². The zero-order chi connectivity index (χ0) is 19.9. The number of pyridine rings is 1. The van der Waals surface area contributed by atoms with Gasteiger partial charge in [-0.2, -0.15) is 0 Å². The second-order valence-corrected chi connectivity index (χ2v) is 6.87. The number of hydrogen-bond donors (Lipinski definition) is 1. The summed E-state index contributed by atoms with van der Waals surface area (Å²) in [4.78, 5) is 15.1. The third-order valence-electron chi connectivity index (χ3n) is 4.65. The van der Waals surface area contributed by atoms with Crippen LogP contribution in [-0.4, -0.2) is 28.8 Å². The van der Waals surface area contributed by atoms with Gasteiger partial charge in [0.2, 0.25) is 0 Å². The van der Waals surface area contributed by atoms with Crippen LogP contribution in [0.25, 0.3) is 10.9 Å². The number of ether oxygens (including phenoxy) is 2. The first-order chi connectivity index (χ1) is 13.5. The van der Waals surface area contributed by atoms with E-state index in [1.165, 1.54) is 0 Å². The molecule has 0 unspecified atom stereocenters. The summed E-state index contributed by atoms with van der Waals surface area (Å²) in [5.41, 5.74) is 3.00. The molecule has 1 aromatic heterocycles. The Kier molecular flexibility index (Phi) is 8.28. The third kappa shape index (κ3) is 6.36. The number of benzene rings is 2. The number of fused-ring (bicyclic) bond motifs is 1. The van der Waals surface area contributed by atoms with Gasteiger partial charge in [-0.3, -0.25) is 9.78 Å². The summed E-state index contributed by atoms with van der Waals surface area (Å²) < 4.78 is 11.9. The van der Waals surface area contributed by atoms with Crippen LogP contribution in [0.15, 0.2) is 54.7 Å². The summed E-state index contributed by atoms with van der Waals surface area (Å²) in [6, 6.07) is 15.6. The zero-order valence-corrected chi connectivity index (χ0v) is 17.4. The van der Waals surface area contributed by atoms with E-state index >= 15 is 0 Å². The average Bonchev–Trinajstić information content (AvgIpc) is 2.67. The van der Waals surface area contributed by atoms with Crippen molar-refractivity contribution in [3.8, 4) is 11.5 Å². The van der Waals surface area contributed by atoms with Crippen LogP contribution < -0.4 is 9.47 Å². The Labute approximate surface area is 177 Å². The molecule has 1 atom stereocenters. The van der Waals surface area contributed by atoms with Crippen molar-refractivity contribution in [3.63, 3.8) is 0 Å². The minimum absolute atomic E-state index is 0. The topological polar surface area (TPSA) is 68.7 Å². The largest absolute Gasteiger partial charge is 0.493 e. The normalized spacial score (nSPS) is 11.5. The number of aliphatic carboxylic acids is 1. The fourth-order valence-corrected chi connectivity index (χ4v) is 3.08. The van der Waals surface area contributed by atoms with Gasteiger partial charge in [-0.1, -0.05) is 12.1 Å². The highest BCUT2D eigenvalue weighted by atomic mass is 35.5. The lowest BCUT2D eigenvalue weighted by Crippen LogP contribution is -2.16. The molecule has 3 aromatic rings. The molecule has 0 saturated heterocycles. The van der Waals surface area contributed by atoms with Crippen LogP contribution in [-0.2, 0) is 11.2 Å². The van der Waals surface area contributed by atoms with Gasteiger partial charge >= 0.3 is 5.97 Å². The molecule has 0 aliphatic carbocycles. The summed E-state index contributed by atoms with van der Waals surface area (Å²) in [6.07, 6.45) is 3.20. The van der Waals surface area contributed by atoms with Gasteiger partial charge in [0.15, 0.2) is 0 Å². The van der Waals surface area contributed by atoms with Gasteiger partial charge in [0.1, 0.15) is 11.5 Å². The molecule has 0 radical (unpaired) electrons. The Morgan fingerprint density at radius 2 is 2.00 bits per heavy atom. The first kappa shape index (κ1) is 22.5. The third-order valence-corrected chi connectivity index (χ3v) is 4.65. The van der Waals surface area contributed by atoms with Crippen molar-refractivity contribution in [2.24, 2.45) is 0 Å². The van der Waals surface area contributed by atoms with E-state index in [1.807, 2.05) is 62.4 Å². The molecule has 5 nitrogen and oxygen atoms in total. The lowest BCUT2D eigenvalue weighted by atomic mass is 10.0. The number of carboxylic acid groups (broad SMARTS) is 1. The quantitative estimate of drug-likeness (QED) is 0.519. The second kappa shape index (κ2) is 10.7. The standard InChI is InChI=1S/C23H25NO4.ClH/c1-16-15-19(10-8-18(16)9-11-23(25)26)27-14-12-17(2)28-22-7-3-6-21-20(22)5-4-13-24-21;/h3-8,10,13,15,17H,9,11-12,14H2,1-2H3,(H,25,26);1H/t17-;/m1./s1. The van der Waals surface area contributed by atoms with Gasteiger partial charge in [-0.25, -0.2) is 0 Å². The molecule has 0 saturated carbocycles. The summed E-state index contributed by atoms with van der Waals surface area (Å²) in [5, 5.41) is 9.82. The molecule has 0 spiro atoms. The van der Waals surface area contributed by atoms with E-state index < -0.39 is 5.97 Å². The van der Waals surface area contributed by atoms with Gasteiger partial charge in [-0.05, 0) is 67.8 Å². The molecule has 29 heavy (non-hydrogen) atoms. The fourth-order valence-electron chi connectivity index (χ4n) is 3.08. The average molecular weight is 416 g/mol. The van der Waals surface area contributed by atoms with E-state index in [0.29, 0.717) is 13.0 Å².